The van der Waals surface area contributed by atoms with E-state index in [2.05, 4.69) is 6.92 Å². The van der Waals surface area contributed by atoms with Gasteiger partial charge in [0.25, 0.3) is 0 Å². The molecule has 0 aliphatic rings. The van der Waals surface area contributed by atoms with Crippen molar-refractivity contribution in [2.24, 2.45) is 0 Å². The summed E-state index contributed by atoms with van der Waals surface area (Å²) in [4.78, 5) is 11.8. The average molecular weight is 224 g/mol. The van der Waals surface area contributed by atoms with Gasteiger partial charge in [0.2, 0.25) is 0 Å². The Morgan fingerprint density at radius 1 is 1.12 bits per heavy atom. The lowest BCUT2D eigenvalue weighted by molar-refractivity contribution is -0.138. The molecule has 0 unspecified atom stereocenters. The summed E-state index contributed by atoms with van der Waals surface area (Å²) in [5.74, 6) is -0.197. The molecule has 0 bridgehead atoms. The third-order valence-electron chi connectivity index (χ3n) is 2.17. The Balaban J connectivity index is 4.33. The van der Waals surface area contributed by atoms with E-state index >= 15 is 0 Å². The van der Waals surface area contributed by atoms with Crippen molar-refractivity contribution in [1.82, 2.24) is 0 Å². The first-order chi connectivity index (χ1) is 7.49. The molecule has 0 N–H and O–H groups in total. The number of allylic oxidation sites excluding steroid dienone is 2. The third-order valence-corrected chi connectivity index (χ3v) is 2.17. The van der Waals surface area contributed by atoms with Crippen LogP contribution in [0.2, 0.25) is 0 Å². The maximum absolute atomic E-state index is 11.8. The van der Waals surface area contributed by atoms with E-state index in [4.69, 9.17) is 4.74 Å². The molecular weight excluding hydrogens is 200 g/mol. The monoisotopic (exact) mass is 224 g/mol. The predicted molar refractivity (Wildman–Crippen MR) is 68.3 cm³/mol. The second-order valence-corrected chi connectivity index (χ2v) is 4.48. The first kappa shape index (κ1) is 14.9. The molecule has 0 aromatic carbocycles. The Morgan fingerprint density at radius 2 is 1.75 bits per heavy atom. The molecule has 92 valence electrons. The SMILES string of the molecule is CCCCCOC(=O)C(C=C(C)C)=C(C)C. The average Bonchev–Trinajstić information content (AvgIpc) is 2.20. The van der Waals surface area contributed by atoms with Gasteiger partial charge in [-0.1, -0.05) is 30.9 Å². The van der Waals surface area contributed by atoms with E-state index in [1.165, 1.54) is 0 Å². The van der Waals surface area contributed by atoms with Gasteiger partial charge in [-0.3, -0.25) is 0 Å². The Morgan fingerprint density at radius 3 is 2.19 bits per heavy atom. The highest BCUT2D eigenvalue weighted by Crippen LogP contribution is 2.11. The molecule has 0 saturated carbocycles. The van der Waals surface area contributed by atoms with Crippen LogP contribution in [0, 0.1) is 0 Å². The largest absolute Gasteiger partial charge is 0.462 e. The molecule has 0 heterocycles. The van der Waals surface area contributed by atoms with Gasteiger partial charge < -0.3 is 4.74 Å². The molecule has 0 rings (SSSR count). The van der Waals surface area contributed by atoms with Gasteiger partial charge in [0.05, 0.1) is 12.2 Å². The number of hydrogen-bond acceptors (Lipinski definition) is 2. The lowest BCUT2D eigenvalue weighted by Crippen LogP contribution is -2.09. The molecule has 0 radical (unpaired) electrons. The molecule has 2 heteroatoms. The van der Waals surface area contributed by atoms with Crippen LogP contribution in [0.3, 0.4) is 0 Å². The molecule has 0 aromatic heterocycles. The van der Waals surface area contributed by atoms with Gasteiger partial charge in [0, 0.05) is 0 Å². The number of rotatable bonds is 6. The number of ether oxygens (including phenoxy) is 1. The van der Waals surface area contributed by atoms with E-state index < -0.39 is 0 Å². The molecule has 0 aliphatic heterocycles. The summed E-state index contributed by atoms with van der Waals surface area (Å²) in [5, 5.41) is 0. The highest BCUT2D eigenvalue weighted by Gasteiger charge is 2.09. The first-order valence-electron chi connectivity index (χ1n) is 5.98. The molecule has 0 saturated heterocycles. The van der Waals surface area contributed by atoms with Gasteiger partial charge in [-0.05, 0) is 40.2 Å². The van der Waals surface area contributed by atoms with Crippen LogP contribution in [0.25, 0.3) is 0 Å². The lowest BCUT2D eigenvalue weighted by atomic mass is 10.1. The van der Waals surface area contributed by atoms with Crippen molar-refractivity contribution in [2.45, 2.75) is 53.9 Å². The van der Waals surface area contributed by atoms with Gasteiger partial charge >= 0.3 is 5.97 Å². The van der Waals surface area contributed by atoms with Gasteiger partial charge in [-0.2, -0.15) is 0 Å². The normalized spacial score (nSPS) is 9.56. The summed E-state index contributed by atoms with van der Waals surface area (Å²) in [5.41, 5.74) is 2.81. The molecule has 0 fully saturated rings. The van der Waals surface area contributed by atoms with Crippen LogP contribution in [0.1, 0.15) is 53.9 Å². The van der Waals surface area contributed by atoms with Gasteiger partial charge in [0.1, 0.15) is 0 Å². The quantitative estimate of drug-likeness (QED) is 0.295. The summed E-state index contributed by atoms with van der Waals surface area (Å²) in [6.07, 6.45) is 5.09. The molecule has 0 spiro atoms. The van der Waals surface area contributed by atoms with Crippen LogP contribution in [0.5, 0.6) is 0 Å². The highest BCUT2D eigenvalue weighted by atomic mass is 16.5. The molecule has 0 aliphatic carbocycles. The van der Waals surface area contributed by atoms with Crippen molar-refractivity contribution in [2.75, 3.05) is 6.61 Å². The zero-order valence-electron chi connectivity index (χ0n) is 11.2. The van der Waals surface area contributed by atoms with Crippen LogP contribution < -0.4 is 0 Å². The first-order valence-corrected chi connectivity index (χ1v) is 5.98. The number of hydrogen-bond donors (Lipinski definition) is 0. The molecule has 16 heavy (non-hydrogen) atoms. The minimum absolute atomic E-state index is 0.197. The van der Waals surface area contributed by atoms with E-state index in [1.54, 1.807) is 0 Å². The van der Waals surface area contributed by atoms with Crippen molar-refractivity contribution < 1.29 is 9.53 Å². The lowest BCUT2D eigenvalue weighted by Gasteiger charge is -2.07. The van der Waals surface area contributed by atoms with E-state index in [1.807, 2.05) is 33.8 Å². The fourth-order valence-electron chi connectivity index (χ4n) is 1.29. The number of carbonyl (C=O) groups excluding carboxylic acids is 1. The van der Waals surface area contributed by atoms with Crippen LogP contribution in [0.4, 0.5) is 0 Å². The summed E-state index contributed by atoms with van der Waals surface area (Å²) in [6.45, 7) is 10.5. The third kappa shape index (κ3) is 6.44. The second kappa shape index (κ2) is 8.14. The minimum Gasteiger partial charge on any atom is -0.462 e. The number of unbranched alkanes of at least 4 members (excludes halogenated alkanes) is 2. The molecule has 0 atom stereocenters. The minimum atomic E-state index is -0.197. The van der Waals surface area contributed by atoms with Gasteiger partial charge in [0.15, 0.2) is 0 Å². The van der Waals surface area contributed by atoms with Crippen molar-refractivity contribution in [3.63, 3.8) is 0 Å². The molecule has 0 amide bonds. The zero-order chi connectivity index (χ0) is 12.6. The van der Waals surface area contributed by atoms with Crippen molar-refractivity contribution in [3.8, 4) is 0 Å². The van der Waals surface area contributed by atoms with Crippen molar-refractivity contribution in [1.29, 1.82) is 0 Å². The fourth-order valence-corrected chi connectivity index (χ4v) is 1.29. The smallest absolute Gasteiger partial charge is 0.338 e. The Kier molecular flexibility index (Phi) is 7.61. The van der Waals surface area contributed by atoms with Crippen LogP contribution in [-0.2, 0) is 9.53 Å². The van der Waals surface area contributed by atoms with Crippen LogP contribution in [-0.4, -0.2) is 12.6 Å². The molecule has 2 nitrogen and oxygen atoms in total. The van der Waals surface area contributed by atoms with Crippen molar-refractivity contribution >= 4 is 5.97 Å². The zero-order valence-corrected chi connectivity index (χ0v) is 11.2. The van der Waals surface area contributed by atoms with Crippen molar-refractivity contribution in [3.05, 3.63) is 22.8 Å². The molecule has 0 aromatic rings. The Labute approximate surface area is 99.4 Å². The van der Waals surface area contributed by atoms with E-state index in [9.17, 15) is 4.79 Å². The predicted octanol–water partition coefficient (Wildman–Crippen LogP) is 4.02. The summed E-state index contributed by atoms with van der Waals surface area (Å²) in [7, 11) is 0. The number of esters is 1. The van der Waals surface area contributed by atoms with Gasteiger partial charge in [-0.15, -0.1) is 0 Å². The Hall–Kier alpha value is -1.05. The second-order valence-electron chi connectivity index (χ2n) is 4.48. The topological polar surface area (TPSA) is 26.3 Å². The maximum atomic E-state index is 11.8. The summed E-state index contributed by atoms with van der Waals surface area (Å²) in [6, 6.07) is 0. The van der Waals surface area contributed by atoms with E-state index in [0.717, 1.165) is 30.4 Å². The molecular formula is C14H24O2. The number of carbonyl (C=O) groups is 1. The standard InChI is InChI=1S/C14H24O2/c1-6-7-8-9-16-14(15)13(12(4)5)10-11(2)3/h10H,6-9H2,1-5H3. The highest BCUT2D eigenvalue weighted by molar-refractivity contribution is 5.92. The van der Waals surface area contributed by atoms with Gasteiger partial charge in [-0.25, -0.2) is 4.79 Å². The van der Waals surface area contributed by atoms with E-state index in [-0.39, 0.29) is 5.97 Å². The summed E-state index contributed by atoms with van der Waals surface area (Å²) >= 11 is 0. The fraction of sp³-hybridized carbons (Fsp3) is 0.643. The van der Waals surface area contributed by atoms with E-state index in [0.29, 0.717) is 12.2 Å². The van der Waals surface area contributed by atoms with Crippen LogP contribution >= 0.6 is 0 Å². The Bertz CT molecular complexity index is 277. The van der Waals surface area contributed by atoms with Crippen LogP contribution in [0.15, 0.2) is 22.8 Å². The summed E-state index contributed by atoms with van der Waals surface area (Å²) < 4.78 is 5.23. The maximum Gasteiger partial charge on any atom is 0.338 e.